The molecule has 1 aromatic carbocycles. The molecule has 0 saturated carbocycles. The average Bonchev–Trinajstić information content (AvgIpc) is 3.15. The molecule has 2 heterocycles. The molecule has 0 aliphatic carbocycles. The van der Waals surface area contributed by atoms with Crippen molar-refractivity contribution >= 4 is 33.0 Å². The van der Waals surface area contributed by atoms with E-state index in [4.69, 9.17) is 23.2 Å². The van der Waals surface area contributed by atoms with Crippen LogP contribution >= 0.6 is 23.2 Å². The van der Waals surface area contributed by atoms with Gasteiger partial charge >= 0.3 is 0 Å². The van der Waals surface area contributed by atoms with E-state index in [1.165, 1.54) is 17.8 Å². The maximum Gasteiger partial charge on any atom is 0.181 e. The van der Waals surface area contributed by atoms with Gasteiger partial charge in [0.05, 0.1) is 21.7 Å². The minimum atomic E-state index is -3.47. The summed E-state index contributed by atoms with van der Waals surface area (Å²) < 4.78 is 27.4. The van der Waals surface area contributed by atoms with E-state index in [1.54, 1.807) is 6.07 Å². The molecule has 7 heteroatoms. The standard InChI is InChI=1S/C17H20Cl2N2O2S/c1-20-8-2-4-15(20)16-5-3-9-21(16)10-11-24(22,23)17-12-13(18)6-7-14(17)19/h2,4,6-8,12,16H,3,5,9-11H2,1H3/t16-/m1/s1. The zero-order chi connectivity index (χ0) is 17.3. The summed E-state index contributed by atoms with van der Waals surface area (Å²) in [5.74, 6) is 0.0357. The molecule has 3 rings (SSSR count). The van der Waals surface area contributed by atoms with E-state index >= 15 is 0 Å². The Morgan fingerprint density at radius 1 is 1.25 bits per heavy atom. The van der Waals surface area contributed by atoms with Gasteiger partial charge in [0.25, 0.3) is 0 Å². The van der Waals surface area contributed by atoms with Crippen LogP contribution in [0.1, 0.15) is 24.6 Å². The molecule has 0 N–H and O–H groups in total. The number of aromatic nitrogens is 1. The maximum absolute atomic E-state index is 12.6. The Morgan fingerprint density at radius 2 is 2.04 bits per heavy atom. The van der Waals surface area contributed by atoms with E-state index in [0.717, 1.165) is 19.4 Å². The van der Waals surface area contributed by atoms with Crippen molar-refractivity contribution in [1.82, 2.24) is 9.47 Å². The summed E-state index contributed by atoms with van der Waals surface area (Å²) in [7, 11) is -1.45. The molecule has 24 heavy (non-hydrogen) atoms. The van der Waals surface area contributed by atoms with Crippen LogP contribution in [0.5, 0.6) is 0 Å². The largest absolute Gasteiger partial charge is 0.353 e. The number of likely N-dealkylation sites (tertiary alicyclic amines) is 1. The van der Waals surface area contributed by atoms with Crippen molar-refractivity contribution < 1.29 is 8.42 Å². The van der Waals surface area contributed by atoms with Crippen LogP contribution in [0, 0.1) is 0 Å². The quantitative estimate of drug-likeness (QED) is 0.781. The maximum atomic E-state index is 12.6. The number of rotatable bonds is 5. The minimum Gasteiger partial charge on any atom is -0.353 e. The van der Waals surface area contributed by atoms with Crippen molar-refractivity contribution in [2.45, 2.75) is 23.8 Å². The molecular weight excluding hydrogens is 367 g/mol. The Hall–Kier alpha value is -1.01. The summed E-state index contributed by atoms with van der Waals surface area (Å²) in [6, 6.07) is 8.95. The van der Waals surface area contributed by atoms with Gasteiger partial charge in [-0.15, -0.1) is 0 Å². The fraction of sp³-hybridized carbons (Fsp3) is 0.412. The topological polar surface area (TPSA) is 42.3 Å². The van der Waals surface area contributed by atoms with E-state index in [2.05, 4.69) is 15.5 Å². The van der Waals surface area contributed by atoms with Crippen LogP contribution in [0.3, 0.4) is 0 Å². The van der Waals surface area contributed by atoms with Crippen molar-refractivity contribution in [3.8, 4) is 0 Å². The number of halogens is 2. The number of hydrogen-bond donors (Lipinski definition) is 0. The summed E-state index contributed by atoms with van der Waals surface area (Å²) in [5, 5.41) is 0.598. The van der Waals surface area contributed by atoms with Crippen LogP contribution in [0.15, 0.2) is 41.4 Å². The van der Waals surface area contributed by atoms with E-state index in [0.29, 0.717) is 11.6 Å². The van der Waals surface area contributed by atoms with Crippen molar-refractivity contribution in [2.24, 2.45) is 7.05 Å². The first-order valence-corrected chi connectivity index (χ1v) is 10.3. The molecule has 1 aromatic heterocycles. The zero-order valence-corrected chi connectivity index (χ0v) is 15.8. The molecule has 130 valence electrons. The highest BCUT2D eigenvalue weighted by Crippen LogP contribution is 2.32. The summed E-state index contributed by atoms with van der Waals surface area (Å²) in [5.41, 5.74) is 1.23. The second-order valence-electron chi connectivity index (χ2n) is 6.13. The van der Waals surface area contributed by atoms with Gasteiger partial charge in [0.1, 0.15) is 0 Å². The lowest BCUT2D eigenvalue weighted by Crippen LogP contribution is -2.30. The molecule has 4 nitrogen and oxygen atoms in total. The number of sulfone groups is 1. The summed E-state index contributed by atoms with van der Waals surface area (Å²) in [6.07, 6.45) is 4.15. The number of benzene rings is 1. The highest BCUT2D eigenvalue weighted by atomic mass is 35.5. The van der Waals surface area contributed by atoms with Gasteiger partial charge in [-0.2, -0.15) is 0 Å². The minimum absolute atomic E-state index is 0.0357. The Labute approximate surface area is 152 Å². The van der Waals surface area contributed by atoms with Crippen LogP contribution < -0.4 is 0 Å². The van der Waals surface area contributed by atoms with E-state index in [-0.39, 0.29) is 21.7 Å². The lowest BCUT2D eigenvalue weighted by Gasteiger charge is -2.25. The molecule has 1 aliphatic heterocycles. The SMILES string of the molecule is Cn1cccc1[C@H]1CCCN1CCS(=O)(=O)c1cc(Cl)ccc1Cl. The average molecular weight is 387 g/mol. The molecule has 0 radical (unpaired) electrons. The molecule has 1 saturated heterocycles. The molecule has 1 fully saturated rings. The third-order valence-corrected chi connectivity index (χ3v) is 6.97. The molecule has 0 unspecified atom stereocenters. The molecule has 0 amide bonds. The van der Waals surface area contributed by atoms with Crippen molar-refractivity contribution in [2.75, 3.05) is 18.8 Å². The number of aryl methyl sites for hydroxylation is 1. The summed E-state index contributed by atoms with van der Waals surface area (Å²) in [6.45, 7) is 1.40. The van der Waals surface area contributed by atoms with Gasteiger partial charge in [-0.25, -0.2) is 8.42 Å². The Kier molecular flexibility index (Phi) is 5.25. The molecule has 0 bridgehead atoms. The molecule has 1 atom stereocenters. The highest BCUT2D eigenvalue weighted by molar-refractivity contribution is 7.91. The van der Waals surface area contributed by atoms with Gasteiger partial charge in [-0.05, 0) is 49.7 Å². The van der Waals surface area contributed by atoms with Gasteiger partial charge < -0.3 is 4.57 Å². The molecule has 1 aliphatic rings. The van der Waals surface area contributed by atoms with E-state index in [1.807, 2.05) is 19.3 Å². The monoisotopic (exact) mass is 386 g/mol. The van der Waals surface area contributed by atoms with E-state index in [9.17, 15) is 8.42 Å². The summed E-state index contributed by atoms with van der Waals surface area (Å²) >= 11 is 12.0. The van der Waals surface area contributed by atoms with Gasteiger partial charge in [-0.1, -0.05) is 23.2 Å². The lowest BCUT2D eigenvalue weighted by molar-refractivity contribution is 0.264. The van der Waals surface area contributed by atoms with E-state index < -0.39 is 9.84 Å². The van der Waals surface area contributed by atoms with Crippen molar-refractivity contribution in [1.29, 1.82) is 0 Å². The predicted octanol–water partition coefficient (Wildman–Crippen LogP) is 3.94. The fourth-order valence-electron chi connectivity index (χ4n) is 3.31. The van der Waals surface area contributed by atoms with Gasteiger partial charge in [0, 0.05) is 30.5 Å². The molecule has 2 aromatic rings. The second-order valence-corrected chi connectivity index (χ2v) is 9.05. The fourth-order valence-corrected chi connectivity index (χ4v) is 5.39. The second kappa shape index (κ2) is 7.08. The van der Waals surface area contributed by atoms with Crippen LogP contribution in [-0.2, 0) is 16.9 Å². The first-order chi connectivity index (χ1) is 11.4. The zero-order valence-electron chi connectivity index (χ0n) is 13.5. The third kappa shape index (κ3) is 3.64. The van der Waals surface area contributed by atoms with Gasteiger partial charge in [0.2, 0.25) is 0 Å². The third-order valence-electron chi connectivity index (χ3n) is 4.56. The van der Waals surface area contributed by atoms with Gasteiger partial charge in [-0.3, -0.25) is 4.90 Å². The molecular formula is C17H20Cl2N2O2S. The Morgan fingerprint density at radius 3 is 2.75 bits per heavy atom. The van der Waals surface area contributed by atoms with Crippen LogP contribution in [0.25, 0.3) is 0 Å². The van der Waals surface area contributed by atoms with Crippen LogP contribution in [-0.4, -0.2) is 36.7 Å². The van der Waals surface area contributed by atoms with Crippen molar-refractivity contribution in [3.05, 3.63) is 52.3 Å². The summed E-state index contributed by atoms with van der Waals surface area (Å²) in [4.78, 5) is 2.36. The first kappa shape index (κ1) is 17.8. The van der Waals surface area contributed by atoms with Crippen LogP contribution in [0.4, 0.5) is 0 Å². The predicted molar refractivity (Wildman–Crippen MR) is 97.5 cm³/mol. The smallest absolute Gasteiger partial charge is 0.181 e. The highest BCUT2D eigenvalue weighted by Gasteiger charge is 2.29. The Bertz CT molecular complexity index is 833. The number of hydrogen-bond acceptors (Lipinski definition) is 3. The number of nitrogens with zero attached hydrogens (tertiary/aromatic N) is 2. The molecule has 0 spiro atoms. The first-order valence-electron chi connectivity index (χ1n) is 7.91. The normalized spacial score (nSPS) is 19.0. The van der Waals surface area contributed by atoms with Gasteiger partial charge in [0.15, 0.2) is 9.84 Å². The van der Waals surface area contributed by atoms with Crippen molar-refractivity contribution in [3.63, 3.8) is 0 Å². The lowest BCUT2D eigenvalue weighted by atomic mass is 10.1. The van der Waals surface area contributed by atoms with Crippen LogP contribution in [0.2, 0.25) is 10.0 Å². The Balaban J connectivity index is 1.75.